The fourth-order valence-electron chi connectivity index (χ4n) is 1.87. The first-order valence-electron chi connectivity index (χ1n) is 6.15. The number of para-hydroxylation sites is 1. The lowest BCUT2D eigenvalue weighted by Crippen LogP contribution is -2.19. The molecular weight excluding hydrogens is 214 g/mol. The molecular formula is C14H19NO2. The lowest BCUT2D eigenvalue weighted by Gasteiger charge is -2.07. The van der Waals surface area contributed by atoms with E-state index in [1.165, 1.54) is 5.56 Å². The Hall–Kier alpha value is -1.32. The zero-order chi connectivity index (χ0) is 12.1. The van der Waals surface area contributed by atoms with E-state index >= 15 is 0 Å². The maximum absolute atomic E-state index is 9.43. The van der Waals surface area contributed by atoms with Crippen LogP contribution in [-0.2, 0) is 6.54 Å². The first kappa shape index (κ1) is 12.1. The summed E-state index contributed by atoms with van der Waals surface area (Å²) in [4.78, 5) is 0. The fraction of sp³-hybridized carbons (Fsp3) is 0.429. The maximum Gasteiger partial charge on any atom is 0.134 e. The third-order valence-electron chi connectivity index (χ3n) is 3.00. The van der Waals surface area contributed by atoms with Crippen LogP contribution < -0.4 is 5.32 Å². The number of fused-ring (bicyclic) bond motifs is 1. The van der Waals surface area contributed by atoms with Crippen LogP contribution in [0.3, 0.4) is 0 Å². The molecule has 0 aliphatic heterocycles. The molecule has 0 spiro atoms. The molecule has 3 nitrogen and oxygen atoms in total. The quantitative estimate of drug-likeness (QED) is 0.754. The molecule has 1 unspecified atom stereocenters. The molecule has 2 aromatic rings. The standard InChI is InChI=1S/C14H19NO2/c1-2-12(16)7-8-15-9-11-10-17-14-6-4-3-5-13(11)14/h3-6,10,12,15-16H,2,7-9H2,1H3. The number of aliphatic hydroxyl groups excluding tert-OH is 1. The first-order valence-corrected chi connectivity index (χ1v) is 6.15. The van der Waals surface area contributed by atoms with Gasteiger partial charge < -0.3 is 14.8 Å². The molecule has 2 N–H and O–H groups in total. The fourth-order valence-corrected chi connectivity index (χ4v) is 1.87. The predicted molar refractivity (Wildman–Crippen MR) is 68.8 cm³/mol. The molecule has 1 heterocycles. The Morgan fingerprint density at radius 2 is 2.18 bits per heavy atom. The second kappa shape index (κ2) is 5.84. The van der Waals surface area contributed by atoms with Crippen LogP contribution in [0.5, 0.6) is 0 Å². The molecule has 0 bridgehead atoms. The number of aliphatic hydroxyl groups is 1. The van der Waals surface area contributed by atoms with E-state index in [1.54, 1.807) is 6.26 Å². The van der Waals surface area contributed by atoms with Crippen molar-refractivity contribution in [3.63, 3.8) is 0 Å². The third-order valence-corrected chi connectivity index (χ3v) is 3.00. The molecule has 1 aromatic carbocycles. The highest BCUT2D eigenvalue weighted by molar-refractivity contribution is 5.80. The van der Waals surface area contributed by atoms with Crippen LogP contribution in [0, 0.1) is 0 Å². The molecule has 3 heteroatoms. The summed E-state index contributed by atoms with van der Waals surface area (Å²) in [6, 6.07) is 8.03. The zero-order valence-electron chi connectivity index (χ0n) is 10.1. The molecule has 17 heavy (non-hydrogen) atoms. The summed E-state index contributed by atoms with van der Waals surface area (Å²) in [5.41, 5.74) is 2.10. The largest absolute Gasteiger partial charge is 0.464 e. The highest BCUT2D eigenvalue weighted by Crippen LogP contribution is 2.20. The van der Waals surface area contributed by atoms with Gasteiger partial charge in [0, 0.05) is 17.5 Å². The minimum absolute atomic E-state index is 0.191. The van der Waals surface area contributed by atoms with Gasteiger partial charge in [-0.3, -0.25) is 0 Å². The normalized spacial score (nSPS) is 13.1. The van der Waals surface area contributed by atoms with Crippen LogP contribution in [0.25, 0.3) is 11.0 Å². The van der Waals surface area contributed by atoms with E-state index in [0.29, 0.717) is 0 Å². The second-order valence-electron chi connectivity index (χ2n) is 4.28. The molecule has 0 aliphatic carbocycles. The Labute approximate surface area is 101 Å². The van der Waals surface area contributed by atoms with Gasteiger partial charge in [-0.2, -0.15) is 0 Å². The number of rotatable bonds is 6. The smallest absolute Gasteiger partial charge is 0.134 e. The van der Waals surface area contributed by atoms with Crippen molar-refractivity contribution < 1.29 is 9.52 Å². The Morgan fingerprint density at radius 1 is 1.35 bits per heavy atom. The summed E-state index contributed by atoms with van der Waals surface area (Å²) in [5, 5.41) is 13.9. The van der Waals surface area contributed by atoms with E-state index in [4.69, 9.17) is 4.42 Å². The summed E-state index contributed by atoms with van der Waals surface area (Å²) in [7, 11) is 0. The molecule has 1 atom stereocenters. The second-order valence-corrected chi connectivity index (χ2v) is 4.28. The van der Waals surface area contributed by atoms with E-state index in [1.807, 2.05) is 25.1 Å². The SMILES string of the molecule is CCC(O)CCNCc1coc2ccccc12. The van der Waals surface area contributed by atoms with Gasteiger partial charge in [0.15, 0.2) is 0 Å². The Balaban J connectivity index is 1.87. The van der Waals surface area contributed by atoms with Crippen molar-refractivity contribution in [2.45, 2.75) is 32.4 Å². The van der Waals surface area contributed by atoms with Crippen LogP contribution in [-0.4, -0.2) is 17.8 Å². The van der Waals surface area contributed by atoms with Crippen molar-refractivity contribution in [1.82, 2.24) is 5.32 Å². The molecule has 2 rings (SSSR count). The van der Waals surface area contributed by atoms with Crippen molar-refractivity contribution in [1.29, 1.82) is 0 Å². The highest BCUT2D eigenvalue weighted by Gasteiger charge is 2.04. The average Bonchev–Trinajstić information content (AvgIpc) is 2.78. The van der Waals surface area contributed by atoms with Crippen molar-refractivity contribution in [2.75, 3.05) is 6.54 Å². The number of nitrogens with one attached hydrogen (secondary N) is 1. The van der Waals surface area contributed by atoms with Crippen LogP contribution in [0.1, 0.15) is 25.3 Å². The number of hydrogen-bond donors (Lipinski definition) is 2. The summed E-state index contributed by atoms with van der Waals surface area (Å²) < 4.78 is 5.46. The van der Waals surface area contributed by atoms with Gasteiger partial charge in [-0.15, -0.1) is 0 Å². The van der Waals surface area contributed by atoms with Gasteiger partial charge in [-0.1, -0.05) is 25.1 Å². The minimum Gasteiger partial charge on any atom is -0.464 e. The van der Waals surface area contributed by atoms with Gasteiger partial charge >= 0.3 is 0 Å². The summed E-state index contributed by atoms with van der Waals surface area (Å²) in [6.07, 6.45) is 3.22. The summed E-state index contributed by atoms with van der Waals surface area (Å²) in [5.74, 6) is 0. The van der Waals surface area contributed by atoms with Gasteiger partial charge in [0.05, 0.1) is 12.4 Å². The van der Waals surface area contributed by atoms with E-state index in [2.05, 4.69) is 11.4 Å². The van der Waals surface area contributed by atoms with Gasteiger partial charge in [0.2, 0.25) is 0 Å². The monoisotopic (exact) mass is 233 g/mol. The Morgan fingerprint density at radius 3 is 3.00 bits per heavy atom. The molecule has 0 aliphatic rings. The lowest BCUT2D eigenvalue weighted by molar-refractivity contribution is 0.159. The van der Waals surface area contributed by atoms with Crippen LogP contribution >= 0.6 is 0 Å². The van der Waals surface area contributed by atoms with Gasteiger partial charge in [0.1, 0.15) is 5.58 Å². The van der Waals surface area contributed by atoms with Gasteiger partial charge in [-0.25, -0.2) is 0 Å². The van der Waals surface area contributed by atoms with E-state index in [9.17, 15) is 5.11 Å². The topological polar surface area (TPSA) is 45.4 Å². The van der Waals surface area contributed by atoms with Crippen LogP contribution in [0.4, 0.5) is 0 Å². The van der Waals surface area contributed by atoms with E-state index in [0.717, 1.165) is 36.9 Å². The Bertz CT molecular complexity index is 464. The Kier molecular flexibility index (Phi) is 4.18. The molecule has 0 radical (unpaired) electrons. The molecule has 1 aromatic heterocycles. The van der Waals surface area contributed by atoms with Crippen molar-refractivity contribution in [3.8, 4) is 0 Å². The number of hydrogen-bond acceptors (Lipinski definition) is 3. The predicted octanol–water partition coefficient (Wildman–Crippen LogP) is 2.68. The van der Waals surface area contributed by atoms with Crippen molar-refractivity contribution >= 4 is 11.0 Å². The van der Waals surface area contributed by atoms with Crippen LogP contribution in [0.15, 0.2) is 34.9 Å². The number of furan rings is 1. The minimum atomic E-state index is -0.191. The summed E-state index contributed by atoms with van der Waals surface area (Å²) in [6.45, 7) is 3.61. The molecule has 0 saturated heterocycles. The lowest BCUT2D eigenvalue weighted by atomic mass is 10.1. The zero-order valence-corrected chi connectivity index (χ0v) is 10.1. The van der Waals surface area contributed by atoms with Crippen LogP contribution in [0.2, 0.25) is 0 Å². The first-order chi connectivity index (χ1) is 8.31. The maximum atomic E-state index is 9.43. The van der Waals surface area contributed by atoms with Crippen molar-refractivity contribution in [3.05, 3.63) is 36.1 Å². The van der Waals surface area contributed by atoms with E-state index in [-0.39, 0.29) is 6.10 Å². The van der Waals surface area contributed by atoms with Gasteiger partial charge in [-0.05, 0) is 25.5 Å². The van der Waals surface area contributed by atoms with Crippen molar-refractivity contribution in [2.24, 2.45) is 0 Å². The molecule has 0 amide bonds. The number of benzene rings is 1. The van der Waals surface area contributed by atoms with E-state index < -0.39 is 0 Å². The van der Waals surface area contributed by atoms with Gasteiger partial charge in [0.25, 0.3) is 0 Å². The third kappa shape index (κ3) is 3.08. The molecule has 0 saturated carbocycles. The highest BCUT2D eigenvalue weighted by atomic mass is 16.3. The average molecular weight is 233 g/mol. The molecule has 0 fully saturated rings. The summed E-state index contributed by atoms with van der Waals surface area (Å²) >= 11 is 0. The molecule has 92 valence electrons.